The third kappa shape index (κ3) is 4.81. The van der Waals surface area contributed by atoms with Crippen LogP contribution in [0.1, 0.15) is 18.4 Å². The maximum atomic E-state index is 13.4. The summed E-state index contributed by atoms with van der Waals surface area (Å²) in [5.74, 6) is 0.448. The first-order valence-electron chi connectivity index (χ1n) is 9.98. The number of halogens is 2. The summed E-state index contributed by atoms with van der Waals surface area (Å²) < 4.78 is 23.7. The minimum absolute atomic E-state index is 0.120. The van der Waals surface area contributed by atoms with E-state index in [1.165, 1.54) is 12.1 Å². The summed E-state index contributed by atoms with van der Waals surface area (Å²) in [5, 5.41) is 5.52. The van der Waals surface area contributed by atoms with Crippen LogP contribution < -0.4 is 0 Å². The van der Waals surface area contributed by atoms with Crippen molar-refractivity contribution >= 4 is 23.8 Å². The molecule has 0 aliphatic carbocycles. The Morgan fingerprint density at radius 3 is 2.70 bits per heavy atom. The lowest BCUT2D eigenvalue weighted by molar-refractivity contribution is 0.0967. The van der Waals surface area contributed by atoms with Gasteiger partial charge in [0.2, 0.25) is 0 Å². The summed E-state index contributed by atoms with van der Waals surface area (Å²) in [4.78, 5) is 2.11. The smallest absolute Gasteiger partial charge is 0.199 e. The molecule has 0 saturated carbocycles. The lowest BCUT2D eigenvalue weighted by atomic mass is 10.2. The molecule has 2 aromatic carbocycles. The van der Waals surface area contributed by atoms with Crippen LogP contribution in [0.4, 0.5) is 4.39 Å². The first-order valence-corrected chi connectivity index (χ1v) is 10.8. The molecule has 0 radical (unpaired) electrons. The molecule has 4 rings (SSSR count). The van der Waals surface area contributed by atoms with E-state index in [4.69, 9.17) is 33.7 Å². The molecule has 0 spiro atoms. The largest absolute Gasteiger partial charge is 0.376 e. The van der Waals surface area contributed by atoms with Gasteiger partial charge in [-0.25, -0.2) is 9.07 Å². The van der Waals surface area contributed by atoms with E-state index in [9.17, 15) is 4.39 Å². The molecule has 2 heterocycles. The highest BCUT2D eigenvalue weighted by atomic mass is 35.5. The third-order valence-corrected chi connectivity index (χ3v) is 6.01. The average Bonchev–Trinajstić information content (AvgIpc) is 3.34. The van der Waals surface area contributed by atoms with E-state index in [2.05, 4.69) is 4.90 Å². The van der Waals surface area contributed by atoms with Crippen LogP contribution in [0.15, 0.2) is 48.5 Å². The minimum Gasteiger partial charge on any atom is -0.376 e. The van der Waals surface area contributed by atoms with Crippen molar-refractivity contribution in [2.24, 2.45) is 0 Å². The van der Waals surface area contributed by atoms with Gasteiger partial charge in [-0.05, 0) is 68.0 Å². The Morgan fingerprint density at radius 1 is 1.23 bits per heavy atom. The van der Waals surface area contributed by atoms with Gasteiger partial charge in [-0.1, -0.05) is 29.8 Å². The maximum absolute atomic E-state index is 13.4. The molecule has 0 amide bonds. The summed E-state index contributed by atoms with van der Waals surface area (Å²) in [6.07, 6.45) is 2.18. The fourth-order valence-electron chi connectivity index (χ4n) is 3.70. The molecular formula is C22H24ClFN4OS. The highest BCUT2D eigenvalue weighted by molar-refractivity contribution is 7.71. The SMILES string of the molecule is CN(Cc1ccccc1Cl)Cn1nc(-c2ccc(F)cc2)n(C[C@H]2CCCO2)c1=S. The normalized spacial score (nSPS) is 16.5. The van der Waals surface area contributed by atoms with Crippen LogP contribution in [0.25, 0.3) is 11.4 Å². The Morgan fingerprint density at radius 2 is 2.00 bits per heavy atom. The summed E-state index contributed by atoms with van der Waals surface area (Å²) in [7, 11) is 2.00. The summed E-state index contributed by atoms with van der Waals surface area (Å²) in [5.41, 5.74) is 1.87. The first kappa shape index (κ1) is 21.2. The molecular weight excluding hydrogens is 423 g/mol. The second-order valence-electron chi connectivity index (χ2n) is 7.61. The van der Waals surface area contributed by atoms with E-state index >= 15 is 0 Å². The fourth-order valence-corrected chi connectivity index (χ4v) is 4.15. The predicted octanol–water partition coefficient (Wildman–Crippen LogP) is 5.14. The van der Waals surface area contributed by atoms with Gasteiger partial charge < -0.3 is 4.74 Å². The van der Waals surface area contributed by atoms with Gasteiger partial charge in [-0.2, -0.15) is 5.10 Å². The Labute approximate surface area is 185 Å². The van der Waals surface area contributed by atoms with Crippen LogP contribution in [0, 0.1) is 10.6 Å². The van der Waals surface area contributed by atoms with Gasteiger partial charge in [-0.3, -0.25) is 9.47 Å². The van der Waals surface area contributed by atoms with Gasteiger partial charge in [0.1, 0.15) is 5.82 Å². The molecule has 30 heavy (non-hydrogen) atoms. The second-order valence-corrected chi connectivity index (χ2v) is 8.38. The number of hydrogen-bond donors (Lipinski definition) is 0. The van der Waals surface area contributed by atoms with Gasteiger partial charge in [0, 0.05) is 23.7 Å². The van der Waals surface area contributed by atoms with Gasteiger partial charge in [-0.15, -0.1) is 0 Å². The van der Waals surface area contributed by atoms with E-state index in [1.54, 1.807) is 16.8 Å². The molecule has 1 saturated heterocycles. The van der Waals surface area contributed by atoms with Crippen LogP contribution >= 0.6 is 23.8 Å². The third-order valence-electron chi connectivity index (χ3n) is 5.21. The summed E-state index contributed by atoms with van der Waals surface area (Å²) in [6, 6.07) is 14.1. The first-order chi connectivity index (χ1) is 14.5. The van der Waals surface area contributed by atoms with E-state index in [1.807, 2.05) is 35.9 Å². The van der Waals surface area contributed by atoms with Gasteiger partial charge in [0.25, 0.3) is 0 Å². The van der Waals surface area contributed by atoms with Crippen molar-refractivity contribution in [3.05, 3.63) is 69.7 Å². The van der Waals surface area contributed by atoms with Crippen molar-refractivity contribution in [1.82, 2.24) is 19.2 Å². The number of aromatic nitrogens is 3. The zero-order valence-corrected chi connectivity index (χ0v) is 18.4. The highest BCUT2D eigenvalue weighted by Crippen LogP contribution is 2.23. The molecule has 1 aliphatic rings. The number of ether oxygens (including phenoxy) is 1. The number of nitrogens with zero attached hydrogens (tertiary/aromatic N) is 4. The van der Waals surface area contributed by atoms with E-state index < -0.39 is 0 Å². The minimum atomic E-state index is -0.276. The molecule has 0 N–H and O–H groups in total. The molecule has 1 aliphatic heterocycles. The molecule has 0 bridgehead atoms. The van der Waals surface area contributed by atoms with E-state index in [0.29, 0.717) is 24.5 Å². The zero-order chi connectivity index (χ0) is 21.1. The van der Waals surface area contributed by atoms with Crippen LogP contribution in [0.3, 0.4) is 0 Å². The Hall–Kier alpha value is -2.06. The molecule has 3 aromatic rings. The summed E-state index contributed by atoms with van der Waals surface area (Å²) >= 11 is 12.1. The fraction of sp³-hybridized carbons (Fsp3) is 0.364. The van der Waals surface area contributed by atoms with Crippen molar-refractivity contribution in [2.75, 3.05) is 13.7 Å². The zero-order valence-electron chi connectivity index (χ0n) is 16.8. The number of benzene rings is 2. The number of rotatable bonds is 7. The lowest BCUT2D eigenvalue weighted by Gasteiger charge is -2.17. The van der Waals surface area contributed by atoms with E-state index in [-0.39, 0.29) is 11.9 Å². The molecule has 1 fully saturated rings. The van der Waals surface area contributed by atoms with Crippen molar-refractivity contribution in [3.63, 3.8) is 0 Å². The van der Waals surface area contributed by atoms with Crippen LogP contribution in [0.5, 0.6) is 0 Å². The standard InChI is InChI=1S/C22H24ClFN4OS/c1-26(13-17-5-2-3-7-20(17)23)15-28-22(30)27(14-19-6-4-12-29-19)21(25-28)16-8-10-18(24)11-9-16/h2-3,5,7-11,19H,4,6,12-15H2,1H3/t19-/m1/s1. The molecule has 1 atom stereocenters. The molecule has 1 aromatic heterocycles. The van der Waals surface area contributed by atoms with Crippen LogP contribution in [-0.4, -0.2) is 39.0 Å². The van der Waals surface area contributed by atoms with Crippen molar-refractivity contribution < 1.29 is 9.13 Å². The van der Waals surface area contributed by atoms with Gasteiger partial charge in [0.05, 0.1) is 19.3 Å². The van der Waals surface area contributed by atoms with Crippen LogP contribution in [0.2, 0.25) is 5.02 Å². The summed E-state index contributed by atoms with van der Waals surface area (Å²) in [6.45, 7) is 2.60. The monoisotopic (exact) mass is 446 g/mol. The Kier molecular flexibility index (Phi) is 6.63. The van der Waals surface area contributed by atoms with E-state index in [0.717, 1.165) is 41.4 Å². The molecule has 5 nitrogen and oxygen atoms in total. The van der Waals surface area contributed by atoms with Gasteiger partial charge >= 0.3 is 0 Å². The molecule has 158 valence electrons. The topological polar surface area (TPSA) is 35.2 Å². The molecule has 0 unspecified atom stereocenters. The van der Waals surface area contributed by atoms with Crippen molar-refractivity contribution in [3.8, 4) is 11.4 Å². The predicted molar refractivity (Wildman–Crippen MR) is 118 cm³/mol. The van der Waals surface area contributed by atoms with Crippen LogP contribution in [-0.2, 0) is 24.5 Å². The van der Waals surface area contributed by atoms with Crippen molar-refractivity contribution in [2.45, 2.75) is 38.7 Å². The Balaban J connectivity index is 1.61. The Bertz CT molecular complexity index is 1060. The molecule has 8 heteroatoms. The van der Waals surface area contributed by atoms with Crippen molar-refractivity contribution in [1.29, 1.82) is 0 Å². The second kappa shape index (κ2) is 9.39. The number of hydrogen-bond acceptors (Lipinski definition) is 4. The quantitative estimate of drug-likeness (QED) is 0.470. The lowest BCUT2D eigenvalue weighted by Crippen LogP contribution is -2.23. The van der Waals surface area contributed by atoms with Gasteiger partial charge in [0.15, 0.2) is 10.6 Å². The average molecular weight is 447 g/mol. The maximum Gasteiger partial charge on any atom is 0.199 e. The highest BCUT2D eigenvalue weighted by Gasteiger charge is 2.21.